The maximum atomic E-state index is 13.5. The van der Waals surface area contributed by atoms with Crippen LogP contribution in [0.3, 0.4) is 0 Å². The molecule has 0 radical (unpaired) electrons. The van der Waals surface area contributed by atoms with Crippen LogP contribution in [-0.2, 0) is 34.0 Å². The molecular weight excluding hydrogens is 642 g/mol. The standard InChI is InChI=1S/C27H39N9O12/c1-25(2)16(40)31(19(43)28-25)7-13(37)10-34-22(46)35(11-14(38)8-32-17(41)26(3,4)29-20(32)44)24(48)36(23(34)47)12-15(39)9-33-18(42)27(5,6)30-21(33)45/h13-15,37-39H,7-12H2,1-6H3,(H,28,43)(H,29,44)(H,30,45)/t13-,14-,15-/m1/s1. The fourth-order valence-corrected chi connectivity index (χ4v) is 5.54. The van der Waals surface area contributed by atoms with Gasteiger partial charge in [-0.05, 0) is 41.5 Å². The highest BCUT2D eigenvalue weighted by molar-refractivity contribution is 6.07. The number of nitrogens with one attached hydrogen (secondary N) is 3. The Kier molecular flexibility index (Phi) is 9.20. The lowest BCUT2D eigenvalue weighted by Gasteiger charge is -2.23. The van der Waals surface area contributed by atoms with Crippen molar-refractivity contribution in [2.45, 2.75) is 96.1 Å². The van der Waals surface area contributed by atoms with E-state index in [-0.39, 0.29) is 0 Å². The van der Waals surface area contributed by atoms with Crippen molar-refractivity contribution < 1.29 is 44.1 Å². The Balaban J connectivity index is 1.66. The van der Waals surface area contributed by atoms with Crippen LogP contribution in [0.1, 0.15) is 41.5 Å². The van der Waals surface area contributed by atoms with Crippen LogP contribution in [0.4, 0.5) is 14.4 Å². The van der Waals surface area contributed by atoms with Gasteiger partial charge in [-0.15, -0.1) is 0 Å². The van der Waals surface area contributed by atoms with Crippen molar-refractivity contribution in [1.82, 2.24) is 44.4 Å². The molecule has 0 unspecified atom stereocenters. The van der Waals surface area contributed by atoms with Crippen LogP contribution in [0, 0.1) is 0 Å². The molecule has 6 N–H and O–H groups in total. The summed E-state index contributed by atoms with van der Waals surface area (Å²) >= 11 is 0. The van der Waals surface area contributed by atoms with Crippen LogP contribution in [0.2, 0.25) is 0 Å². The van der Waals surface area contributed by atoms with Gasteiger partial charge in [-0.3, -0.25) is 29.1 Å². The summed E-state index contributed by atoms with van der Waals surface area (Å²) in [5.41, 5.74) is -7.90. The van der Waals surface area contributed by atoms with Crippen molar-refractivity contribution >= 4 is 35.8 Å². The molecule has 4 rings (SSSR count). The Bertz CT molecular complexity index is 1530. The van der Waals surface area contributed by atoms with Gasteiger partial charge in [0, 0.05) is 0 Å². The molecule has 0 aliphatic carbocycles. The number of carbonyl (C=O) groups is 6. The van der Waals surface area contributed by atoms with Gasteiger partial charge in [0.25, 0.3) is 17.7 Å². The fraction of sp³-hybridized carbons (Fsp3) is 0.667. The Morgan fingerprint density at radius 2 is 0.646 bits per heavy atom. The molecule has 3 saturated heterocycles. The first-order chi connectivity index (χ1) is 22.0. The molecule has 264 valence electrons. The molecule has 0 spiro atoms. The summed E-state index contributed by atoms with van der Waals surface area (Å²) in [4.78, 5) is 117. The second-order valence-corrected chi connectivity index (χ2v) is 13.6. The predicted molar refractivity (Wildman–Crippen MR) is 160 cm³/mol. The smallest absolute Gasteiger partial charge is 0.336 e. The zero-order chi connectivity index (χ0) is 36.3. The van der Waals surface area contributed by atoms with Gasteiger partial charge >= 0.3 is 35.2 Å². The Morgan fingerprint density at radius 1 is 0.438 bits per heavy atom. The summed E-state index contributed by atoms with van der Waals surface area (Å²) in [6.45, 7) is 3.97. The second kappa shape index (κ2) is 12.3. The van der Waals surface area contributed by atoms with E-state index in [1.165, 1.54) is 41.5 Å². The molecule has 0 aromatic carbocycles. The molecule has 21 nitrogen and oxygen atoms in total. The number of nitrogens with zero attached hydrogens (tertiary/aromatic N) is 6. The van der Waals surface area contributed by atoms with Crippen LogP contribution in [0.5, 0.6) is 0 Å². The van der Waals surface area contributed by atoms with Gasteiger partial charge in [-0.25, -0.2) is 42.5 Å². The van der Waals surface area contributed by atoms with Gasteiger partial charge in [0.15, 0.2) is 0 Å². The largest absolute Gasteiger partial charge is 0.389 e. The molecule has 1 aromatic heterocycles. The third-order valence-electron chi connectivity index (χ3n) is 8.08. The summed E-state index contributed by atoms with van der Waals surface area (Å²) in [5, 5.41) is 39.6. The van der Waals surface area contributed by atoms with Gasteiger partial charge in [0.2, 0.25) is 0 Å². The normalized spacial score (nSPS) is 21.8. The highest BCUT2D eigenvalue weighted by atomic mass is 16.3. The van der Waals surface area contributed by atoms with E-state index in [4.69, 9.17) is 0 Å². The number of aliphatic hydroxyl groups is 3. The maximum absolute atomic E-state index is 13.5. The van der Waals surface area contributed by atoms with Gasteiger partial charge in [0.05, 0.1) is 57.6 Å². The lowest BCUT2D eigenvalue weighted by Crippen LogP contribution is -2.58. The highest BCUT2D eigenvalue weighted by Gasteiger charge is 2.47. The van der Waals surface area contributed by atoms with E-state index in [0.717, 1.165) is 0 Å². The van der Waals surface area contributed by atoms with Crippen molar-refractivity contribution in [3.05, 3.63) is 31.5 Å². The van der Waals surface area contributed by atoms with E-state index < -0.39 is 127 Å². The average Bonchev–Trinajstić information content (AvgIpc) is 3.38. The number of imide groups is 3. The summed E-state index contributed by atoms with van der Waals surface area (Å²) in [6, 6.07) is -2.51. The van der Waals surface area contributed by atoms with Crippen LogP contribution in [0.15, 0.2) is 14.4 Å². The molecule has 48 heavy (non-hydrogen) atoms. The first kappa shape index (κ1) is 36.0. The predicted octanol–water partition coefficient (Wildman–Crippen LogP) is -4.75. The first-order valence-electron chi connectivity index (χ1n) is 14.9. The monoisotopic (exact) mass is 681 g/mol. The molecular formula is C27H39N9O12. The molecule has 1 aromatic rings. The number of carbonyl (C=O) groups excluding carboxylic acids is 6. The van der Waals surface area contributed by atoms with Crippen molar-refractivity contribution in [2.75, 3.05) is 19.6 Å². The summed E-state index contributed by atoms with van der Waals surface area (Å²) in [6.07, 6.45) is -5.18. The number of hydrogen-bond donors (Lipinski definition) is 6. The van der Waals surface area contributed by atoms with Gasteiger partial charge in [-0.2, -0.15) is 0 Å². The van der Waals surface area contributed by atoms with E-state index in [2.05, 4.69) is 16.0 Å². The molecule has 3 atom stereocenters. The number of β-amino-alcohol motifs (C(OH)–C–C–N with tert-alkyl or cyclic N) is 3. The molecule has 3 aliphatic rings. The number of amides is 9. The van der Waals surface area contributed by atoms with E-state index in [1.807, 2.05) is 0 Å². The first-order valence-corrected chi connectivity index (χ1v) is 14.9. The highest BCUT2D eigenvalue weighted by Crippen LogP contribution is 2.19. The molecule has 0 saturated carbocycles. The van der Waals surface area contributed by atoms with Crippen LogP contribution in [0.25, 0.3) is 0 Å². The molecule has 9 amide bonds. The number of urea groups is 3. The molecule has 0 bridgehead atoms. The average molecular weight is 682 g/mol. The molecule has 21 heteroatoms. The summed E-state index contributed by atoms with van der Waals surface area (Å²) in [7, 11) is 0. The number of aromatic nitrogens is 3. The molecule has 3 aliphatic heterocycles. The van der Waals surface area contributed by atoms with Crippen molar-refractivity contribution in [1.29, 1.82) is 0 Å². The minimum atomic E-state index is -1.73. The number of aliphatic hydroxyl groups excluding tert-OH is 3. The molecule has 3 fully saturated rings. The van der Waals surface area contributed by atoms with Crippen LogP contribution in [-0.4, -0.2) is 134 Å². The minimum absolute atomic E-state index is 0.378. The van der Waals surface area contributed by atoms with Gasteiger partial charge < -0.3 is 31.3 Å². The quantitative estimate of drug-likeness (QED) is 0.114. The number of hydrogen-bond acceptors (Lipinski definition) is 12. The van der Waals surface area contributed by atoms with Crippen molar-refractivity contribution in [3.63, 3.8) is 0 Å². The van der Waals surface area contributed by atoms with E-state index in [9.17, 15) is 58.5 Å². The third-order valence-corrected chi connectivity index (χ3v) is 8.08. The van der Waals surface area contributed by atoms with Crippen LogP contribution < -0.4 is 33.0 Å². The Labute approximate surface area is 271 Å². The Morgan fingerprint density at radius 3 is 0.812 bits per heavy atom. The zero-order valence-electron chi connectivity index (χ0n) is 27.2. The third kappa shape index (κ3) is 6.60. The van der Waals surface area contributed by atoms with E-state index >= 15 is 0 Å². The topological polar surface area (TPSA) is 275 Å². The summed E-state index contributed by atoms with van der Waals surface area (Å²) < 4.78 is 1.13. The number of rotatable bonds is 12. The van der Waals surface area contributed by atoms with Crippen molar-refractivity contribution in [3.8, 4) is 0 Å². The van der Waals surface area contributed by atoms with E-state index in [0.29, 0.717) is 28.4 Å². The SMILES string of the molecule is CC1(C)NC(=O)N(C[C@@H](O)Cn2c(=O)n(C[C@H](O)CN3C(=O)NC(C)(C)C3=O)c(=O)n(C[C@H](O)CN3C(=O)NC(C)(C)C3=O)c2=O)C1=O. The van der Waals surface area contributed by atoms with Gasteiger partial charge in [0.1, 0.15) is 16.6 Å². The fourth-order valence-electron chi connectivity index (χ4n) is 5.54. The minimum Gasteiger partial charge on any atom is -0.389 e. The van der Waals surface area contributed by atoms with Crippen LogP contribution >= 0.6 is 0 Å². The second-order valence-electron chi connectivity index (χ2n) is 13.6. The lowest BCUT2D eigenvalue weighted by molar-refractivity contribution is -0.131. The zero-order valence-corrected chi connectivity index (χ0v) is 27.2. The van der Waals surface area contributed by atoms with Crippen molar-refractivity contribution in [2.24, 2.45) is 0 Å². The van der Waals surface area contributed by atoms with E-state index in [1.54, 1.807) is 0 Å². The lowest BCUT2D eigenvalue weighted by atomic mass is 10.1. The summed E-state index contributed by atoms with van der Waals surface area (Å²) in [5.74, 6) is -2.08. The maximum Gasteiger partial charge on any atom is 0.336 e. The Hall–Kier alpha value is -4.89. The molecule has 4 heterocycles. The van der Waals surface area contributed by atoms with Gasteiger partial charge in [-0.1, -0.05) is 0 Å².